The summed E-state index contributed by atoms with van der Waals surface area (Å²) in [7, 11) is 1.30. The van der Waals surface area contributed by atoms with Crippen molar-refractivity contribution in [3.05, 3.63) is 40.0 Å². The molecule has 0 atom stereocenters. The van der Waals surface area contributed by atoms with Crippen molar-refractivity contribution in [2.24, 2.45) is 5.11 Å². The highest BCUT2D eigenvalue weighted by atomic mass is 16.5. The molecule has 16 heavy (non-hydrogen) atoms. The predicted octanol–water partition coefficient (Wildman–Crippen LogP) is 1.53. The second kappa shape index (κ2) is 6.06. The molecule has 0 N–H and O–H groups in total. The van der Waals surface area contributed by atoms with Gasteiger partial charge in [0.2, 0.25) is 0 Å². The summed E-state index contributed by atoms with van der Waals surface area (Å²) >= 11 is 0. The van der Waals surface area contributed by atoms with Crippen LogP contribution in [-0.4, -0.2) is 24.6 Å². The third-order valence-electron chi connectivity index (χ3n) is 1.61. The first-order valence-electron chi connectivity index (χ1n) is 4.32. The van der Waals surface area contributed by atoms with Gasteiger partial charge in [-0.2, -0.15) is 0 Å². The zero-order valence-electron chi connectivity index (χ0n) is 8.54. The maximum Gasteiger partial charge on any atom is 0.338 e. The maximum absolute atomic E-state index is 11.2. The molecule has 6 nitrogen and oxygen atoms in total. The standard InChI is InChI=1S/C10H8N4O2/c1-16-10(15)8-4-6-12-9(7-8)3-2-5-13-14-11/h4,6-7H,5H2,1H3. The fourth-order valence-corrected chi connectivity index (χ4v) is 0.941. The molecule has 0 saturated carbocycles. The number of carbonyl (C=O) groups excluding carboxylic acids is 1. The second-order valence-electron chi connectivity index (χ2n) is 2.61. The van der Waals surface area contributed by atoms with E-state index in [9.17, 15) is 4.79 Å². The average Bonchev–Trinajstić information content (AvgIpc) is 2.34. The van der Waals surface area contributed by atoms with Gasteiger partial charge in [0.15, 0.2) is 0 Å². The number of pyridine rings is 1. The van der Waals surface area contributed by atoms with Crippen LogP contribution < -0.4 is 0 Å². The third-order valence-corrected chi connectivity index (χ3v) is 1.61. The van der Waals surface area contributed by atoms with Gasteiger partial charge in [-0.3, -0.25) is 0 Å². The third kappa shape index (κ3) is 3.33. The summed E-state index contributed by atoms with van der Waals surface area (Å²) in [5.41, 5.74) is 8.83. The van der Waals surface area contributed by atoms with Crippen molar-refractivity contribution >= 4 is 5.97 Å². The highest BCUT2D eigenvalue weighted by Gasteiger charge is 2.04. The fraction of sp³-hybridized carbons (Fsp3) is 0.200. The zero-order chi connectivity index (χ0) is 11.8. The minimum absolute atomic E-state index is 0.0701. The Labute approximate surface area is 91.9 Å². The Kier molecular flexibility index (Phi) is 4.38. The number of hydrogen-bond acceptors (Lipinski definition) is 4. The van der Waals surface area contributed by atoms with Crippen LogP contribution in [0.4, 0.5) is 0 Å². The van der Waals surface area contributed by atoms with Crippen LogP contribution in [0.5, 0.6) is 0 Å². The summed E-state index contributed by atoms with van der Waals surface area (Å²) < 4.78 is 4.55. The molecular formula is C10H8N4O2. The molecule has 0 aliphatic carbocycles. The van der Waals surface area contributed by atoms with Crippen LogP contribution in [0.2, 0.25) is 0 Å². The minimum atomic E-state index is -0.444. The van der Waals surface area contributed by atoms with E-state index in [0.29, 0.717) is 11.3 Å². The quantitative estimate of drug-likeness (QED) is 0.247. The van der Waals surface area contributed by atoms with Crippen molar-refractivity contribution in [3.8, 4) is 11.8 Å². The van der Waals surface area contributed by atoms with Gasteiger partial charge in [0, 0.05) is 11.1 Å². The van der Waals surface area contributed by atoms with E-state index in [2.05, 4.69) is 31.6 Å². The summed E-state index contributed by atoms with van der Waals surface area (Å²) in [6.45, 7) is 0.0701. The number of nitrogens with zero attached hydrogens (tertiary/aromatic N) is 4. The topological polar surface area (TPSA) is 88.0 Å². The Morgan fingerprint density at radius 3 is 3.25 bits per heavy atom. The van der Waals surface area contributed by atoms with Crippen LogP contribution in [0.15, 0.2) is 23.4 Å². The van der Waals surface area contributed by atoms with Crippen molar-refractivity contribution in [1.29, 1.82) is 0 Å². The summed E-state index contributed by atoms with van der Waals surface area (Å²) in [5.74, 6) is 4.82. The van der Waals surface area contributed by atoms with E-state index in [1.807, 2.05) is 0 Å². The molecule has 0 fully saturated rings. The van der Waals surface area contributed by atoms with E-state index in [-0.39, 0.29) is 6.54 Å². The van der Waals surface area contributed by atoms with Crippen molar-refractivity contribution in [2.75, 3.05) is 13.7 Å². The number of esters is 1. The minimum Gasteiger partial charge on any atom is -0.465 e. The molecule has 0 amide bonds. The van der Waals surface area contributed by atoms with E-state index in [1.54, 1.807) is 0 Å². The van der Waals surface area contributed by atoms with Crippen LogP contribution in [0.1, 0.15) is 16.1 Å². The number of carbonyl (C=O) groups is 1. The highest BCUT2D eigenvalue weighted by Crippen LogP contribution is 2.02. The Morgan fingerprint density at radius 2 is 2.56 bits per heavy atom. The molecule has 1 rings (SSSR count). The number of ether oxygens (including phenoxy) is 1. The number of hydrogen-bond donors (Lipinski definition) is 0. The Hall–Kier alpha value is -2.51. The molecule has 0 radical (unpaired) electrons. The van der Waals surface area contributed by atoms with Gasteiger partial charge in [0.1, 0.15) is 5.69 Å². The van der Waals surface area contributed by atoms with E-state index >= 15 is 0 Å². The molecule has 0 bridgehead atoms. The van der Waals surface area contributed by atoms with E-state index in [4.69, 9.17) is 5.53 Å². The molecule has 0 unspecified atom stereocenters. The Morgan fingerprint density at radius 1 is 1.75 bits per heavy atom. The largest absolute Gasteiger partial charge is 0.465 e. The normalized spacial score (nSPS) is 8.31. The first-order chi connectivity index (χ1) is 7.77. The van der Waals surface area contributed by atoms with Crippen molar-refractivity contribution < 1.29 is 9.53 Å². The molecule has 80 valence electrons. The van der Waals surface area contributed by atoms with Crippen LogP contribution in [0.3, 0.4) is 0 Å². The van der Waals surface area contributed by atoms with Crippen LogP contribution in [0, 0.1) is 11.8 Å². The fourth-order valence-electron chi connectivity index (χ4n) is 0.941. The zero-order valence-corrected chi connectivity index (χ0v) is 8.54. The van der Waals surface area contributed by atoms with Crippen LogP contribution in [-0.2, 0) is 4.74 Å². The van der Waals surface area contributed by atoms with Crippen molar-refractivity contribution in [2.45, 2.75) is 0 Å². The van der Waals surface area contributed by atoms with Gasteiger partial charge in [-0.1, -0.05) is 11.0 Å². The highest BCUT2D eigenvalue weighted by molar-refractivity contribution is 5.89. The molecule has 6 heteroatoms. The summed E-state index contributed by atoms with van der Waals surface area (Å²) in [4.78, 5) is 17.7. The molecule has 0 aliphatic rings. The Balaban J connectivity index is 2.84. The average molecular weight is 216 g/mol. The lowest BCUT2D eigenvalue weighted by Crippen LogP contribution is -2.01. The lowest BCUT2D eigenvalue weighted by Gasteiger charge is -1.97. The van der Waals surface area contributed by atoms with E-state index < -0.39 is 5.97 Å². The van der Waals surface area contributed by atoms with Crippen LogP contribution in [0.25, 0.3) is 10.4 Å². The summed E-state index contributed by atoms with van der Waals surface area (Å²) in [6.07, 6.45) is 1.46. The molecule has 0 saturated heterocycles. The van der Waals surface area contributed by atoms with Gasteiger partial charge in [0.25, 0.3) is 0 Å². The molecule has 1 aromatic heterocycles. The number of azide groups is 1. The predicted molar refractivity (Wildman–Crippen MR) is 56.5 cm³/mol. The van der Waals surface area contributed by atoms with E-state index in [1.165, 1.54) is 25.4 Å². The molecule has 0 aliphatic heterocycles. The van der Waals surface area contributed by atoms with Gasteiger partial charge < -0.3 is 4.74 Å². The summed E-state index contributed by atoms with van der Waals surface area (Å²) in [5, 5.41) is 3.25. The van der Waals surface area contributed by atoms with Crippen LogP contribution >= 0.6 is 0 Å². The van der Waals surface area contributed by atoms with E-state index in [0.717, 1.165) is 0 Å². The van der Waals surface area contributed by atoms with Crippen molar-refractivity contribution in [3.63, 3.8) is 0 Å². The lowest BCUT2D eigenvalue weighted by atomic mass is 10.2. The molecule has 0 spiro atoms. The molecule has 1 aromatic rings. The van der Waals surface area contributed by atoms with Gasteiger partial charge in [-0.25, -0.2) is 9.78 Å². The van der Waals surface area contributed by atoms with Gasteiger partial charge in [0.05, 0.1) is 19.2 Å². The number of rotatable bonds is 2. The lowest BCUT2D eigenvalue weighted by molar-refractivity contribution is 0.0600. The molecule has 0 aromatic carbocycles. The summed E-state index contributed by atoms with van der Waals surface area (Å²) in [6, 6.07) is 3.04. The molecule has 1 heterocycles. The maximum atomic E-state index is 11.2. The SMILES string of the molecule is COC(=O)c1ccnc(C#CCN=[N+]=[N-])c1. The molecular weight excluding hydrogens is 208 g/mol. The Bertz CT molecular complexity index is 495. The first kappa shape index (κ1) is 11.6. The second-order valence-corrected chi connectivity index (χ2v) is 2.61. The van der Waals surface area contributed by atoms with Crippen molar-refractivity contribution in [1.82, 2.24) is 4.98 Å². The smallest absolute Gasteiger partial charge is 0.338 e. The number of aromatic nitrogens is 1. The monoisotopic (exact) mass is 216 g/mol. The van der Waals surface area contributed by atoms with Gasteiger partial charge >= 0.3 is 5.97 Å². The number of methoxy groups -OCH3 is 1. The van der Waals surface area contributed by atoms with Gasteiger partial charge in [-0.15, -0.1) is 0 Å². The van der Waals surface area contributed by atoms with Gasteiger partial charge in [-0.05, 0) is 23.6 Å². The first-order valence-corrected chi connectivity index (χ1v) is 4.32.